The third-order valence-corrected chi connectivity index (χ3v) is 4.24. The van der Waals surface area contributed by atoms with Gasteiger partial charge in [0.1, 0.15) is 0 Å². The van der Waals surface area contributed by atoms with Crippen LogP contribution >= 0.6 is 0 Å². The Balaban J connectivity index is 2.07. The van der Waals surface area contributed by atoms with Crippen LogP contribution in [0.2, 0.25) is 0 Å². The largest absolute Gasteiger partial charge is 0.381 e. The topological polar surface area (TPSA) is 41.7 Å². The standard InChI is InChI=1S/C12H25N3O/c1-11-9-14(2)5-6-15(11)12(10-13)3-7-16-8-4-12/h11H,3-10,13H2,1-2H3. The van der Waals surface area contributed by atoms with Crippen LogP contribution in [0.4, 0.5) is 0 Å². The van der Waals surface area contributed by atoms with Crippen molar-refractivity contribution >= 4 is 0 Å². The Hall–Kier alpha value is -0.160. The van der Waals surface area contributed by atoms with Gasteiger partial charge in [0.2, 0.25) is 0 Å². The van der Waals surface area contributed by atoms with Crippen LogP contribution in [0.15, 0.2) is 0 Å². The Labute approximate surface area is 98.7 Å². The number of rotatable bonds is 2. The summed E-state index contributed by atoms with van der Waals surface area (Å²) >= 11 is 0. The van der Waals surface area contributed by atoms with Crippen molar-refractivity contribution in [3.63, 3.8) is 0 Å². The van der Waals surface area contributed by atoms with Gasteiger partial charge in [0.05, 0.1) is 0 Å². The zero-order valence-electron chi connectivity index (χ0n) is 10.6. The van der Waals surface area contributed by atoms with Crippen molar-refractivity contribution in [2.45, 2.75) is 31.3 Å². The van der Waals surface area contributed by atoms with Crippen molar-refractivity contribution in [2.75, 3.05) is 46.4 Å². The minimum absolute atomic E-state index is 0.207. The lowest BCUT2D eigenvalue weighted by atomic mass is 9.86. The van der Waals surface area contributed by atoms with Crippen molar-refractivity contribution < 1.29 is 4.74 Å². The van der Waals surface area contributed by atoms with Gasteiger partial charge >= 0.3 is 0 Å². The van der Waals surface area contributed by atoms with Gasteiger partial charge in [-0.1, -0.05) is 0 Å². The van der Waals surface area contributed by atoms with Gasteiger partial charge in [-0.05, 0) is 26.8 Å². The van der Waals surface area contributed by atoms with Crippen LogP contribution in [0.5, 0.6) is 0 Å². The fraction of sp³-hybridized carbons (Fsp3) is 1.00. The lowest BCUT2D eigenvalue weighted by Crippen LogP contribution is -2.64. The number of hydrogen-bond donors (Lipinski definition) is 1. The summed E-state index contributed by atoms with van der Waals surface area (Å²) in [4.78, 5) is 5.04. The van der Waals surface area contributed by atoms with Gasteiger partial charge in [-0.3, -0.25) is 4.90 Å². The molecule has 2 heterocycles. The van der Waals surface area contributed by atoms with Crippen molar-refractivity contribution in [1.29, 1.82) is 0 Å². The van der Waals surface area contributed by atoms with Gasteiger partial charge in [-0.2, -0.15) is 0 Å². The van der Waals surface area contributed by atoms with Crippen LogP contribution < -0.4 is 5.73 Å². The van der Waals surface area contributed by atoms with Gasteiger partial charge in [0.15, 0.2) is 0 Å². The lowest BCUT2D eigenvalue weighted by Gasteiger charge is -2.52. The summed E-state index contributed by atoms with van der Waals surface area (Å²) in [5, 5.41) is 0. The minimum Gasteiger partial charge on any atom is -0.381 e. The molecule has 0 spiro atoms. The van der Waals surface area contributed by atoms with Crippen LogP contribution in [-0.4, -0.2) is 67.8 Å². The molecule has 2 fully saturated rings. The maximum absolute atomic E-state index is 6.06. The fourth-order valence-corrected chi connectivity index (χ4v) is 3.20. The van der Waals surface area contributed by atoms with E-state index in [0.29, 0.717) is 6.04 Å². The molecule has 0 bridgehead atoms. The van der Waals surface area contributed by atoms with Gasteiger partial charge in [0.25, 0.3) is 0 Å². The van der Waals surface area contributed by atoms with Crippen molar-refractivity contribution in [3.8, 4) is 0 Å². The number of likely N-dealkylation sites (N-methyl/N-ethyl adjacent to an activating group) is 1. The summed E-state index contributed by atoms with van der Waals surface area (Å²) < 4.78 is 5.48. The molecule has 4 nitrogen and oxygen atoms in total. The molecule has 0 aromatic heterocycles. The van der Waals surface area contributed by atoms with E-state index in [9.17, 15) is 0 Å². The first kappa shape index (κ1) is 12.3. The van der Waals surface area contributed by atoms with Crippen LogP contribution in [-0.2, 0) is 4.74 Å². The van der Waals surface area contributed by atoms with Gasteiger partial charge < -0.3 is 15.4 Å². The van der Waals surface area contributed by atoms with E-state index < -0.39 is 0 Å². The highest BCUT2D eigenvalue weighted by Gasteiger charge is 2.40. The fourth-order valence-electron chi connectivity index (χ4n) is 3.20. The first-order chi connectivity index (χ1) is 7.68. The first-order valence-electron chi connectivity index (χ1n) is 6.41. The molecule has 2 aliphatic rings. The number of hydrogen-bond acceptors (Lipinski definition) is 4. The predicted molar refractivity (Wildman–Crippen MR) is 65.5 cm³/mol. The van der Waals surface area contributed by atoms with E-state index in [1.165, 1.54) is 0 Å². The maximum atomic E-state index is 6.06. The Morgan fingerprint density at radius 2 is 2.00 bits per heavy atom. The summed E-state index contributed by atoms with van der Waals surface area (Å²) in [6.45, 7) is 8.30. The summed E-state index contributed by atoms with van der Waals surface area (Å²) in [5.74, 6) is 0. The van der Waals surface area contributed by atoms with E-state index >= 15 is 0 Å². The number of nitrogens with zero attached hydrogens (tertiary/aromatic N) is 2. The smallest absolute Gasteiger partial charge is 0.0484 e. The zero-order valence-corrected chi connectivity index (χ0v) is 10.6. The molecule has 1 unspecified atom stereocenters. The Morgan fingerprint density at radius 1 is 1.31 bits per heavy atom. The SMILES string of the molecule is CC1CN(C)CCN1C1(CN)CCOCC1. The Bertz CT molecular complexity index is 228. The molecular formula is C12H25N3O. The van der Waals surface area contributed by atoms with Crippen LogP contribution in [0.1, 0.15) is 19.8 Å². The second-order valence-electron chi connectivity index (χ2n) is 5.35. The average Bonchev–Trinajstić information content (AvgIpc) is 2.30. The lowest BCUT2D eigenvalue weighted by molar-refractivity contribution is -0.0616. The second-order valence-corrected chi connectivity index (χ2v) is 5.35. The summed E-state index contributed by atoms with van der Waals surface area (Å²) in [5.41, 5.74) is 6.26. The number of ether oxygens (including phenoxy) is 1. The van der Waals surface area contributed by atoms with E-state index in [4.69, 9.17) is 10.5 Å². The third-order valence-electron chi connectivity index (χ3n) is 4.24. The summed E-state index contributed by atoms with van der Waals surface area (Å²) in [7, 11) is 2.20. The Morgan fingerprint density at radius 3 is 2.56 bits per heavy atom. The van der Waals surface area contributed by atoms with Gasteiger partial charge in [0, 0.05) is 51.0 Å². The van der Waals surface area contributed by atoms with Crippen molar-refractivity contribution in [1.82, 2.24) is 9.80 Å². The molecular weight excluding hydrogens is 202 g/mol. The highest BCUT2D eigenvalue weighted by atomic mass is 16.5. The highest BCUT2D eigenvalue weighted by molar-refractivity contribution is 4.97. The Kier molecular flexibility index (Phi) is 3.85. The monoisotopic (exact) mass is 227 g/mol. The molecule has 0 radical (unpaired) electrons. The minimum atomic E-state index is 0.207. The molecule has 16 heavy (non-hydrogen) atoms. The number of nitrogens with two attached hydrogens (primary N) is 1. The highest BCUT2D eigenvalue weighted by Crippen LogP contribution is 2.30. The van der Waals surface area contributed by atoms with Crippen LogP contribution in [0, 0.1) is 0 Å². The molecule has 0 amide bonds. The van der Waals surface area contributed by atoms with Crippen molar-refractivity contribution in [2.24, 2.45) is 5.73 Å². The summed E-state index contributed by atoms with van der Waals surface area (Å²) in [6, 6.07) is 0.611. The molecule has 94 valence electrons. The molecule has 2 rings (SSSR count). The third kappa shape index (κ3) is 2.25. The normalized spacial score (nSPS) is 32.8. The van der Waals surface area contributed by atoms with E-state index in [2.05, 4.69) is 23.8 Å². The van der Waals surface area contributed by atoms with E-state index in [1.807, 2.05) is 0 Å². The van der Waals surface area contributed by atoms with Crippen LogP contribution in [0.25, 0.3) is 0 Å². The quantitative estimate of drug-likeness (QED) is 0.728. The molecule has 2 aliphatic heterocycles. The van der Waals surface area contributed by atoms with Crippen molar-refractivity contribution in [3.05, 3.63) is 0 Å². The van der Waals surface area contributed by atoms with Crippen LogP contribution in [0.3, 0.4) is 0 Å². The van der Waals surface area contributed by atoms with E-state index in [-0.39, 0.29) is 5.54 Å². The average molecular weight is 227 g/mol. The number of piperazine rings is 1. The molecule has 0 aliphatic carbocycles. The van der Waals surface area contributed by atoms with Gasteiger partial charge in [-0.25, -0.2) is 0 Å². The molecule has 0 aromatic carbocycles. The molecule has 0 saturated carbocycles. The second kappa shape index (κ2) is 5.00. The summed E-state index contributed by atoms with van der Waals surface area (Å²) in [6.07, 6.45) is 2.19. The molecule has 2 saturated heterocycles. The van der Waals surface area contributed by atoms with E-state index in [0.717, 1.165) is 52.2 Å². The molecule has 0 aromatic rings. The molecule has 2 N–H and O–H groups in total. The predicted octanol–water partition coefficient (Wildman–Crippen LogP) is 0.130. The first-order valence-corrected chi connectivity index (χ1v) is 6.41. The molecule has 1 atom stereocenters. The maximum Gasteiger partial charge on any atom is 0.0484 e. The molecule has 4 heteroatoms. The zero-order chi connectivity index (χ0) is 11.6. The van der Waals surface area contributed by atoms with E-state index in [1.54, 1.807) is 0 Å². The van der Waals surface area contributed by atoms with Gasteiger partial charge in [-0.15, -0.1) is 0 Å².